The molecule has 0 fully saturated rings. The van der Waals surface area contributed by atoms with Crippen molar-refractivity contribution in [2.45, 2.75) is 11.8 Å². The summed E-state index contributed by atoms with van der Waals surface area (Å²) in [5.74, 6) is 0. The Morgan fingerprint density at radius 1 is 1.13 bits per heavy atom. The molecule has 0 spiro atoms. The maximum Gasteiger partial charge on any atom is 0.436 e. The lowest BCUT2D eigenvalue weighted by Gasteiger charge is -2.22. The average molecular weight is 215 g/mol. The number of alkyl halides is 3. The first kappa shape index (κ1) is 10.1. The molecule has 3 nitrogen and oxygen atoms in total. The molecule has 1 aromatic rings. The Morgan fingerprint density at radius 3 is 1.93 bits per heavy atom. The Labute approximate surface area is 82.6 Å². The summed E-state index contributed by atoms with van der Waals surface area (Å²) in [4.78, 5) is 6.74. The SMILES string of the molecule is [O]CC1(C(F)(F)F)N=c2ccccc2=N1. The maximum absolute atomic E-state index is 12.6. The van der Waals surface area contributed by atoms with Gasteiger partial charge in [0, 0.05) is 0 Å². The summed E-state index contributed by atoms with van der Waals surface area (Å²) >= 11 is 0. The van der Waals surface area contributed by atoms with E-state index in [2.05, 4.69) is 9.98 Å². The molecule has 0 aliphatic carbocycles. The van der Waals surface area contributed by atoms with Crippen LogP contribution in [0, 0.1) is 0 Å². The predicted molar refractivity (Wildman–Crippen MR) is 43.1 cm³/mol. The smallest absolute Gasteiger partial charge is 0.242 e. The second kappa shape index (κ2) is 3.03. The van der Waals surface area contributed by atoms with Crippen molar-refractivity contribution in [2.24, 2.45) is 9.98 Å². The second-order valence-corrected chi connectivity index (χ2v) is 3.17. The molecule has 0 N–H and O–H groups in total. The van der Waals surface area contributed by atoms with Gasteiger partial charge in [-0.1, -0.05) is 12.1 Å². The zero-order valence-corrected chi connectivity index (χ0v) is 7.45. The highest BCUT2D eigenvalue weighted by Gasteiger charge is 2.56. The van der Waals surface area contributed by atoms with Crippen molar-refractivity contribution in [2.75, 3.05) is 6.61 Å². The molecule has 1 heterocycles. The molecular weight excluding hydrogens is 209 g/mol. The van der Waals surface area contributed by atoms with Crippen LogP contribution in [-0.4, -0.2) is 18.4 Å². The van der Waals surface area contributed by atoms with Gasteiger partial charge in [0.1, 0.15) is 6.61 Å². The number of halogens is 3. The minimum absolute atomic E-state index is 0.116. The molecule has 6 heteroatoms. The number of para-hydroxylation sites is 2. The van der Waals surface area contributed by atoms with Gasteiger partial charge in [0.15, 0.2) is 0 Å². The van der Waals surface area contributed by atoms with Gasteiger partial charge in [0.05, 0.1) is 10.7 Å². The van der Waals surface area contributed by atoms with Gasteiger partial charge in [0.25, 0.3) is 5.66 Å². The highest BCUT2D eigenvalue weighted by molar-refractivity contribution is 5.09. The second-order valence-electron chi connectivity index (χ2n) is 3.17. The molecule has 2 rings (SSSR count). The monoisotopic (exact) mass is 215 g/mol. The summed E-state index contributed by atoms with van der Waals surface area (Å²) < 4.78 is 37.8. The fourth-order valence-electron chi connectivity index (χ4n) is 1.35. The van der Waals surface area contributed by atoms with Crippen molar-refractivity contribution in [3.8, 4) is 0 Å². The van der Waals surface area contributed by atoms with Crippen LogP contribution in [0.5, 0.6) is 0 Å². The van der Waals surface area contributed by atoms with Gasteiger partial charge in [0.2, 0.25) is 0 Å². The van der Waals surface area contributed by atoms with Crippen LogP contribution in [0.4, 0.5) is 13.2 Å². The first-order valence-electron chi connectivity index (χ1n) is 4.18. The summed E-state index contributed by atoms with van der Waals surface area (Å²) in [7, 11) is 0. The molecule has 1 radical (unpaired) electrons. The van der Waals surface area contributed by atoms with Gasteiger partial charge in [-0.25, -0.2) is 15.1 Å². The van der Waals surface area contributed by atoms with Crippen LogP contribution in [0.25, 0.3) is 0 Å². The van der Waals surface area contributed by atoms with E-state index in [1.165, 1.54) is 12.1 Å². The fourth-order valence-corrected chi connectivity index (χ4v) is 1.35. The zero-order valence-electron chi connectivity index (χ0n) is 7.45. The average Bonchev–Trinajstić information content (AvgIpc) is 2.56. The van der Waals surface area contributed by atoms with Crippen LogP contribution in [-0.2, 0) is 5.11 Å². The van der Waals surface area contributed by atoms with Crippen LogP contribution in [0.3, 0.4) is 0 Å². The van der Waals surface area contributed by atoms with E-state index in [0.717, 1.165) is 0 Å². The molecule has 79 valence electrons. The lowest BCUT2D eigenvalue weighted by atomic mass is 10.2. The Bertz CT molecular complexity index is 460. The van der Waals surface area contributed by atoms with Crippen LogP contribution in [0.15, 0.2) is 34.3 Å². The Balaban J connectivity index is 2.66. The third-order valence-electron chi connectivity index (χ3n) is 2.15. The maximum atomic E-state index is 12.6. The van der Waals surface area contributed by atoms with Gasteiger partial charge in [-0.3, -0.25) is 0 Å². The molecule has 0 bridgehead atoms. The third kappa shape index (κ3) is 1.41. The molecule has 0 saturated carbocycles. The summed E-state index contributed by atoms with van der Waals surface area (Å²) in [5.41, 5.74) is -2.82. The molecular formula is C9H6F3N2O. The lowest BCUT2D eigenvalue weighted by Crippen LogP contribution is -2.44. The number of hydrogen-bond donors (Lipinski definition) is 0. The van der Waals surface area contributed by atoms with Crippen LogP contribution in [0.2, 0.25) is 0 Å². The predicted octanol–water partition coefficient (Wildman–Crippen LogP) is 0.629. The summed E-state index contributed by atoms with van der Waals surface area (Å²) in [5, 5.41) is 10.9. The number of benzene rings is 1. The quantitative estimate of drug-likeness (QED) is 0.659. The van der Waals surface area contributed by atoms with E-state index < -0.39 is 18.4 Å². The van der Waals surface area contributed by atoms with Gasteiger partial charge < -0.3 is 0 Å². The fraction of sp³-hybridized carbons (Fsp3) is 0.333. The van der Waals surface area contributed by atoms with Crippen LogP contribution >= 0.6 is 0 Å². The standard InChI is InChI=1S/C9H6F3N2O/c10-9(11,12)8(5-15)13-6-3-1-2-4-7(6)14-8/h1-4H,5H2. The molecule has 0 unspecified atom stereocenters. The molecule has 0 atom stereocenters. The van der Waals surface area contributed by atoms with Crippen molar-refractivity contribution in [3.05, 3.63) is 35.0 Å². The normalized spacial score (nSPS) is 17.9. The van der Waals surface area contributed by atoms with Gasteiger partial charge >= 0.3 is 6.18 Å². The molecule has 1 aliphatic rings. The first-order chi connectivity index (χ1) is 6.98. The van der Waals surface area contributed by atoms with E-state index >= 15 is 0 Å². The summed E-state index contributed by atoms with van der Waals surface area (Å²) in [6, 6.07) is 5.91. The number of hydrogen-bond acceptors (Lipinski definition) is 2. The van der Waals surface area contributed by atoms with Crippen molar-refractivity contribution in [1.82, 2.24) is 0 Å². The van der Waals surface area contributed by atoms with Gasteiger partial charge in [-0.05, 0) is 12.1 Å². The highest BCUT2D eigenvalue weighted by Crippen LogP contribution is 2.34. The molecule has 1 aliphatic heterocycles. The third-order valence-corrected chi connectivity index (χ3v) is 2.15. The minimum atomic E-state index is -4.74. The Morgan fingerprint density at radius 2 is 1.60 bits per heavy atom. The van der Waals surface area contributed by atoms with E-state index in [1.54, 1.807) is 12.1 Å². The Kier molecular flexibility index (Phi) is 2.04. The highest BCUT2D eigenvalue weighted by atomic mass is 19.4. The molecule has 0 aromatic heterocycles. The minimum Gasteiger partial charge on any atom is -0.242 e. The van der Waals surface area contributed by atoms with E-state index in [9.17, 15) is 18.3 Å². The van der Waals surface area contributed by atoms with E-state index in [-0.39, 0.29) is 10.7 Å². The number of fused-ring (bicyclic) bond motifs is 1. The van der Waals surface area contributed by atoms with Crippen molar-refractivity contribution in [3.63, 3.8) is 0 Å². The van der Waals surface area contributed by atoms with Crippen LogP contribution < -0.4 is 10.7 Å². The van der Waals surface area contributed by atoms with E-state index in [0.29, 0.717) is 0 Å². The van der Waals surface area contributed by atoms with Crippen molar-refractivity contribution >= 4 is 0 Å². The number of nitrogens with zero attached hydrogens (tertiary/aromatic N) is 2. The topological polar surface area (TPSA) is 44.6 Å². The first-order valence-corrected chi connectivity index (χ1v) is 4.18. The largest absolute Gasteiger partial charge is 0.436 e. The summed E-state index contributed by atoms with van der Waals surface area (Å²) in [6.07, 6.45) is -4.74. The van der Waals surface area contributed by atoms with Gasteiger partial charge in [-0.2, -0.15) is 13.2 Å². The molecule has 1 aromatic carbocycles. The van der Waals surface area contributed by atoms with E-state index in [1.807, 2.05) is 0 Å². The zero-order chi connectivity index (χ0) is 11.1. The molecule has 0 amide bonds. The lowest BCUT2D eigenvalue weighted by molar-refractivity contribution is -0.197. The van der Waals surface area contributed by atoms with Crippen LogP contribution in [0.1, 0.15) is 0 Å². The Hall–Kier alpha value is -1.43. The van der Waals surface area contributed by atoms with E-state index in [4.69, 9.17) is 0 Å². The van der Waals surface area contributed by atoms with Crippen molar-refractivity contribution < 1.29 is 18.3 Å². The number of rotatable bonds is 1. The molecule has 15 heavy (non-hydrogen) atoms. The molecule has 0 saturated heterocycles. The summed E-state index contributed by atoms with van der Waals surface area (Å²) in [6.45, 7) is -1.43. The van der Waals surface area contributed by atoms with Crippen molar-refractivity contribution in [1.29, 1.82) is 0 Å². The van der Waals surface area contributed by atoms with Gasteiger partial charge in [-0.15, -0.1) is 0 Å².